The minimum Gasteiger partial charge on any atom is -0.195 e. The lowest BCUT2D eigenvalue weighted by atomic mass is 9.83. The first-order valence-electron chi connectivity index (χ1n) is 7.20. The highest BCUT2D eigenvalue weighted by Gasteiger charge is 2.38. The molecule has 112 valence electrons. The van der Waals surface area contributed by atoms with E-state index in [0.29, 0.717) is 25.5 Å². The van der Waals surface area contributed by atoms with Gasteiger partial charge in [0, 0.05) is 31.6 Å². The van der Waals surface area contributed by atoms with Crippen LogP contribution in [-0.2, 0) is 10.2 Å². The standard InChI is InChI=1S/C13H25ClN2O2S/c1-13(2)6-9-15(10-7-13)19(17,18)16-8-4-3-5-12(16)11-14/h12H,3-11H2,1-2H3. The fourth-order valence-electron chi connectivity index (χ4n) is 2.90. The maximum absolute atomic E-state index is 12.7. The van der Waals surface area contributed by atoms with Crippen LogP contribution in [0.2, 0.25) is 0 Å². The van der Waals surface area contributed by atoms with Gasteiger partial charge in [0.05, 0.1) is 0 Å². The normalized spacial score (nSPS) is 30.4. The van der Waals surface area contributed by atoms with Gasteiger partial charge in [0.2, 0.25) is 0 Å². The van der Waals surface area contributed by atoms with E-state index in [-0.39, 0.29) is 11.5 Å². The third-order valence-electron chi connectivity index (χ3n) is 4.45. The second-order valence-corrected chi connectivity index (χ2v) is 8.68. The first-order chi connectivity index (χ1) is 8.87. The molecular formula is C13H25ClN2O2S. The lowest BCUT2D eigenvalue weighted by Gasteiger charge is -2.41. The molecule has 0 radical (unpaired) electrons. The Morgan fingerprint density at radius 3 is 2.37 bits per heavy atom. The van der Waals surface area contributed by atoms with Crippen molar-refractivity contribution in [1.82, 2.24) is 8.61 Å². The monoisotopic (exact) mass is 308 g/mol. The Morgan fingerprint density at radius 2 is 1.79 bits per heavy atom. The maximum atomic E-state index is 12.7. The summed E-state index contributed by atoms with van der Waals surface area (Å²) in [6.07, 6.45) is 4.79. The summed E-state index contributed by atoms with van der Waals surface area (Å²) in [4.78, 5) is 0. The van der Waals surface area contributed by atoms with Gasteiger partial charge in [-0.3, -0.25) is 0 Å². The van der Waals surface area contributed by atoms with Gasteiger partial charge in [0.15, 0.2) is 0 Å². The number of nitrogens with zero attached hydrogens (tertiary/aromatic N) is 2. The van der Waals surface area contributed by atoms with Crippen molar-refractivity contribution in [3.63, 3.8) is 0 Å². The molecule has 2 aliphatic rings. The smallest absolute Gasteiger partial charge is 0.195 e. The lowest BCUT2D eigenvalue weighted by Crippen LogP contribution is -2.53. The van der Waals surface area contributed by atoms with E-state index in [1.54, 1.807) is 8.61 Å². The largest absolute Gasteiger partial charge is 0.282 e. The Balaban J connectivity index is 2.09. The molecule has 0 aromatic carbocycles. The number of halogens is 1. The molecule has 2 aliphatic heterocycles. The molecule has 6 heteroatoms. The van der Waals surface area contributed by atoms with E-state index < -0.39 is 10.2 Å². The molecule has 0 N–H and O–H groups in total. The lowest BCUT2D eigenvalue weighted by molar-refractivity contribution is 0.176. The average Bonchev–Trinajstić information content (AvgIpc) is 2.38. The zero-order valence-corrected chi connectivity index (χ0v) is 13.5. The van der Waals surface area contributed by atoms with E-state index in [9.17, 15) is 8.42 Å². The van der Waals surface area contributed by atoms with Crippen LogP contribution in [0.3, 0.4) is 0 Å². The molecule has 2 heterocycles. The molecule has 0 spiro atoms. The van der Waals surface area contributed by atoms with Gasteiger partial charge in [-0.25, -0.2) is 0 Å². The second kappa shape index (κ2) is 5.88. The summed E-state index contributed by atoms with van der Waals surface area (Å²) >= 11 is 5.94. The number of rotatable bonds is 3. The van der Waals surface area contributed by atoms with Crippen molar-refractivity contribution >= 4 is 21.8 Å². The van der Waals surface area contributed by atoms with Gasteiger partial charge in [-0.1, -0.05) is 20.3 Å². The highest BCUT2D eigenvalue weighted by atomic mass is 35.5. The van der Waals surface area contributed by atoms with Gasteiger partial charge in [0.25, 0.3) is 10.2 Å². The Bertz CT molecular complexity index is 401. The van der Waals surface area contributed by atoms with Crippen LogP contribution in [0.5, 0.6) is 0 Å². The minimum atomic E-state index is -3.31. The van der Waals surface area contributed by atoms with Crippen LogP contribution < -0.4 is 0 Å². The molecule has 2 rings (SSSR count). The van der Waals surface area contributed by atoms with Crippen molar-refractivity contribution in [2.24, 2.45) is 5.41 Å². The van der Waals surface area contributed by atoms with Crippen molar-refractivity contribution in [2.45, 2.75) is 52.0 Å². The zero-order valence-electron chi connectivity index (χ0n) is 11.9. The van der Waals surface area contributed by atoms with Crippen LogP contribution in [0.25, 0.3) is 0 Å². The summed E-state index contributed by atoms with van der Waals surface area (Å²) in [7, 11) is -3.31. The molecule has 2 fully saturated rings. The molecule has 0 aliphatic carbocycles. The van der Waals surface area contributed by atoms with Crippen molar-refractivity contribution < 1.29 is 8.42 Å². The first-order valence-corrected chi connectivity index (χ1v) is 9.13. The van der Waals surface area contributed by atoms with Gasteiger partial charge in [0.1, 0.15) is 0 Å². The summed E-state index contributed by atoms with van der Waals surface area (Å²) in [6, 6.07) is -0.0182. The quantitative estimate of drug-likeness (QED) is 0.751. The topological polar surface area (TPSA) is 40.6 Å². The molecule has 2 saturated heterocycles. The van der Waals surface area contributed by atoms with E-state index in [0.717, 1.165) is 32.1 Å². The van der Waals surface area contributed by atoms with Gasteiger partial charge in [-0.05, 0) is 31.1 Å². The van der Waals surface area contributed by atoms with Crippen LogP contribution in [-0.4, -0.2) is 48.6 Å². The van der Waals surface area contributed by atoms with Crippen LogP contribution in [0.15, 0.2) is 0 Å². The van der Waals surface area contributed by atoms with Gasteiger partial charge in [-0.15, -0.1) is 11.6 Å². The van der Waals surface area contributed by atoms with Crippen molar-refractivity contribution in [2.75, 3.05) is 25.5 Å². The molecule has 1 unspecified atom stereocenters. The molecule has 0 bridgehead atoms. The van der Waals surface area contributed by atoms with Crippen molar-refractivity contribution in [3.8, 4) is 0 Å². The fraction of sp³-hybridized carbons (Fsp3) is 1.00. The van der Waals surface area contributed by atoms with Crippen LogP contribution in [0.4, 0.5) is 0 Å². The average molecular weight is 309 g/mol. The number of hydrogen-bond acceptors (Lipinski definition) is 2. The Labute approximate surface area is 122 Å². The minimum absolute atomic E-state index is 0.0182. The maximum Gasteiger partial charge on any atom is 0.282 e. The Kier molecular flexibility index (Phi) is 4.81. The molecule has 0 aromatic heterocycles. The van der Waals surface area contributed by atoms with Gasteiger partial charge < -0.3 is 0 Å². The van der Waals surface area contributed by atoms with Gasteiger partial charge in [-0.2, -0.15) is 17.0 Å². The van der Waals surface area contributed by atoms with E-state index in [2.05, 4.69) is 13.8 Å². The molecule has 19 heavy (non-hydrogen) atoms. The van der Waals surface area contributed by atoms with Crippen molar-refractivity contribution in [1.29, 1.82) is 0 Å². The molecule has 0 aromatic rings. The molecule has 0 saturated carbocycles. The van der Waals surface area contributed by atoms with Crippen LogP contribution in [0, 0.1) is 5.41 Å². The van der Waals surface area contributed by atoms with E-state index in [4.69, 9.17) is 11.6 Å². The molecule has 0 amide bonds. The molecular weight excluding hydrogens is 284 g/mol. The fourth-order valence-corrected chi connectivity index (χ4v) is 5.16. The summed E-state index contributed by atoms with van der Waals surface area (Å²) < 4.78 is 28.7. The highest BCUT2D eigenvalue weighted by molar-refractivity contribution is 7.86. The Hall–Kier alpha value is 0.160. The predicted molar refractivity (Wildman–Crippen MR) is 78.6 cm³/mol. The van der Waals surface area contributed by atoms with E-state index in [1.807, 2.05) is 0 Å². The third kappa shape index (κ3) is 3.43. The van der Waals surface area contributed by atoms with Crippen molar-refractivity contribution in [3.05, 3.63) is 0 Å². The zero-order chi connectivity index (χ0) is 14.1. The second-order valence-electron chi connectivity index (χ2n) is 6.49. The van der Waals surface area contributed by atoms with E-state index in [1.165, 1.54) is 0 Å². The number of alkyl halides is 1. The van der Waals surface area contributed by atoms with Crippen LogP contribution in [0.1, 0.15) is 46.0 Å². The Morgan fingerprint density at radius 1 is 1.16 bits per heavy atom. The van der Waals surface area contributed by atoms with E-state index >= 15 is 0 Å². The van der Waals surface area contributed by atoms with Gasteiger partial charge >= 0.3 is 0 Å². The van der Waals surface area contributed by atoms with Crippen LogP contribution >= 0.6 is 11.6 Å². The molecule has 4 nitrogen and oxygen atoms in total. The molecule has 1 atom stereocenters. The summed E-state index contributed by atoms with van der Waals surface area (Å²) in [6.45, 7) is 6.32. The predicted octanol–water partition coefficient (Wildman–Crippen LogP) is 2.45. The summed E-state index contributed by atoms with van der Waals surface area (Å²) in [5, 5.41) is 0. The highest BCUT2D eigenvalue weighted by Crippen LogP contribution is 2.32. The summed E-state index contributed by atoms with van der Waals surface area (Å²) in [5.74, 6) is 0.401. The number of piperidine rings is 2. The first kappa shape index (κ1) is 15.5. The summed E-state index contributed by atoms with van der Waals surface area (Å²) in [5.41, 5.74) is 0.264. The number of hydrogen-bond donors (Lipinski definition) is 0. The SMILES string of the molecule is CC1(C)CCN(S(=O)(=O)N2CCCCC2CCl)CC1. The third-order valence-corrected chi connectivity index (χ3v) is 6.90.